The topological polar surface area (TPSA) is 86.2 Å². The summed E-state index contributed by atoms with van der Waals surface area (Å²) < 4.78 is 16.1. The fourth-order valence-corrected chi connectivity index (χ4v) is 2.93. The summed E-state index contributed by atoms with van der Waals surface area (Å²) in [6.45, 7) is 3.97. The van der Waals surface area contributed by atoms with Crippen molar-refractivity contribution in [2.24, 2.45) is 5.10 Å². The van der Waals surface area contributed by atoms with Crippen molar-refractivity contribution in [1.82, 2.24) is 5.43 Å². The van der Waals surface area contributed by atoms with E-state index >= 15 is 0 Å². The number of halogens is 1. The third-order valence-corrected chi connectivity index (χ3v) is 4.68. The molecule has 0 heterocycles. The Hall–Kier alpha value is -4.10. The zero-order valence-electron chi connectivity index (χ0n) is 17.8. The molecule has 0 spiro atoms. The van der Waals surface area contributed by atoms with Crippen molar-refractivity contribution in [3.05, 3.63) is 101 Å². The number of carbonyl (C=O) groups is 2. The maximum Gasteiger partial charge on any atom is 0.345 e. The van der Waals surface area contributed by atoms with Gasteiger partial charge in [0, 0.05) is 5.56 Å². The number of nitrogens with zero attached hydrogens (tertiary/aromatic N) is 1. The van der Waals surface area contributed by atoms with Crippen LogP contribution in [0.25, 0.3) is 0 Å². The standard InChI is InChI=1S/C25H21ClN2O5/c1-3-14-32-19-11-9-18(10-12-19)24(29)28-27-16-17-8-13-22(23(15-17)31-2)33-25(30)20-6-4-5-7-21(20)26/h3-13,15-16H,1,14H2,2H3,(H,28,29)/b27-16-. The number of hydrogen-bond acceptors (Lipinski definition) is 6. The lowest BCUT2D eigenvalue weighted by atomic mass is 10.2. The van der Waals surface area contributed by atoms with Gasteiger partial charge in [-0.2, -0.15) is 5.10 Å². The average molecular weight is 465 g/mol. The Labute approximate surface area is 196 Å². The Balaban J connectivity index is 1.63. The molecule has 0 bridgehead atoms. The van der Waals surface area contributed by atoms with Crippen LogP contribution in [0, 0.1) is 0 Å². The summed E-state index contributed by atoms with van der Waals surface area (Å²) in [7, 11) is 1.45. The van der Waals surface area contributed by atoms with Gasteiger partial charge in [0.2, 0.25) is 0 Å². The van der Waals surface area contributed by atoms with E-state index in [-0.39, 0.29) is 17.2 Å². The van der Waals surface area contributed by atoms with Crippen molar-refractivity contribution >= 4 is 29.7 Å². The van der Waals surface area contributed by atoms with Crippen molar-refractivity contribution in [3.8, 4) is 17.2 Å². The van der Waals surface area contributed by atoms with Gasteiger partial charge in [0.1, 0.15) is 12.4 Å². The third kappa shape index (κ3) is 6.44. The molecule has 8 heteroatoms. The first-order valence-electron chi connectivity index (χ1n) is 9.83. The Morgan fingerprint density at radius 3 is 2.52 bits per heavy atom. The number of rotatable bonds is 9. The highest BCUT2D eigenvalue weighted by Gasteiger charge is 2.15. The molecule has 33 heavy (non-hydrogen) atoms. The van der Waals surface area contributed by atoms with Crippen LogP contribution in [0.2, 0.25) is 5.02 Å². The summed E-state index contributed by atoms with van der Waals surface area (Å²) in [4.78, 5) is 24.6. The molecule has 7 nitrogen and oxygen atoms in total. The highest BCUT2D eigenvalue weighted by atomic mass is 35.5. The van der Waals surface area contributed by atoms with Gasteiger partial charge in [-0.15, -0.1) is 0 Å². The van der Waals surface area contributed by atoms with E-state index in [0.29, 0.717) is 34.3 Å². The van der Waals surface area contributed by atoms with Gasteiger partial charge in [0.15, 0.2) is 11.5 Å². The number of ether oxygens (including phenoxy) is 3. The minimum atomic E-state index is -0.603. The average Bonchev–Trinajstić information content (AvgIpc) is 2.84. The lowest BCUT2D eigenvalue weighted by molar-refractivity contribution is 0.0729. The SMILES string of the molecule is C=CCOc1ccc(C(=O)N/N=C\c2ccc(OC(=O)c3ccccc3Cl)c(OC)c2)cc1. The van der Waals surface area contributed by atoms with Gasteiger partial charge < -0.3 is 14.2 Å². The fourth-order valence-electron chi connectivity index (χ4n) is 2.72. The number of carbonyl (C=O) groups excluding carboxylic acids is 2. The van der Waals surface area contributed by atoms with Crippen LogP contribution in [0.4, 0.5) is 0 Å². The highest BCUT2D eigenvalue weighted by Crippen LogP contribution is 2.29. The maximum absolute atomic E-state index is 12.4. The molecule has 3 aromatic rings. The number of benzene rings is 3. The Bertz CT molecular complexity index is 1180. The van der Waals surface area contributed by atoms with E-state index in [4.69, 9.17) is 25.8 Å². The van der Waals surface area contributed by atoms with Gasteiger partial charge >= 0.3 is 5.97 Å². The van der Waals surface area contributed by atoms with Gasteiger partial charge in [-0.1, -0.05) is 36.4 Å². The largest absolute Gasteiger partial charge is 0.493 e. The predicted octanol–water partition coefficient (Wildman–Crippen LogP) is 4.90. The highest BCUT2D eigenvalue weighted by molar-refractivity contribution is 6.33. The molecular weight excluding hydrogens is 444 g/mol. The molecule has 1 amide bonds. The lowest BCUT2D eigenvalue weighted by Crippen LogP contribution is -2.17. The van der Waals surface area contributed by atoms with Crippen molar-refractivity contribution in [3.63, 3.8) is 0 Å². The molecule has 0 aliphatic rings. The molecule has 0 atom stereocenters. The van der Waals surface area contributed by atoms with Crippen molar-refractivity contribution in [2.45, 2.75) is 0 Å². The van der Waals surface area contributed by atoms with Gasteiger partial charge in [-0.3, -0.25) is 4.79 Å². The summed E-state index contributed by atoms with van der Waals surface area (Å²) in [6, 6.07) is 18.1. The maximum atomic E-state index is 12.4. The third-order valence-electron chi connectivity index (χ3n) is 4.35. The molecule has 1 N–H and O–H groups in total. The molecule has 0 saturated heterocycles. The molecule has 0 fully saturated rings. The molecule has 0 aliphatic heterocycles. The van der Waals surface area contributed by atoms with Crippen molar-refractivity contribution in [1.29, 1.82) is 0 Å². The molecular formula is C25H21ClN2O5. The first-order valence-corrected chi connectivity index (χ1v) is 10.2. The summed E-state index contributed by atoms with van der Waals surface area (Å²) in [5.74, 6) is 0.202. The second-order valence-electron chi connectivity index (χ2n) is 6.60. The molecule has 0 saturated carbocycles. The molecule has 168 valence electrons. The van der Waals surface area contributed by atoms with Gasteiger partial charge in [-0.05, 0) is 60.2 Å². The van der Waals surface area contributed by atoms with Crippen molar-refractivity contribution in [2.75, 3.05) is 13.7 Å². The van der Waals surface area contributed by atoms with Crippen LogP contribution in [0.15, 0.2) is 84.5 Å². The van der Waals surface area contributed by atoms with Crippen LogP contribution in [0.3, 0.4) is 0 Å². The van der Waals surface area contributed by atoms with Crippen LogP contribution in [0.5, 0.6) is 17.2 Å². The number of nitrogens with one attached hydrogen (secondary N) is 1. The molecule has 3 rings (SSSR count). The molecule has 3 aromatic carbocycles. The van der Waals surface area contributed by atoms with Crippen LogP contribution in [-0.2, 0) is 0 Å². The van der Waals surface area contributed by atoms with E-state index in [1.54, 1.807) is 72.8 Å². The smallest absolute Gasteiger partial charge is 0.345 e. The molecule has 0 unspecified atom stereocenters. The zero-order valence-corrected chi connectivity index (χ0v) is 18.5. The van der Waals surface area contributed by atoms with E-state index in [2.05, 4.69) is 17.1 Å². The number of methoxy groups -OCH3 is 1. The van der Waals surface area contributed by atoms with Crippen molar-refractivity contribution < 1.29 is 23.8 Å². The summed E-state index contributed by atoms with van der Waals surface area (Å²) in [6.07, 6.45) is 3.08. The Kier molecular flexibility index (Phi) is 8.21. The number of amides is 1. The Morgan fingerprint density at radius 1 is 1.06 bits per heavy atom. The van der Waals surface area contributed by atoms with E-state index in [1.165, 1.54) is 13.3 Å². The minimum Gasteiger partial charge on any atom is -0.493 e. The summed E-state index contributed by atoms with van der Waals surface area (Å²) in [5, 5.41) is 4.26. The lowest BCUT2D eigenvalue weighted by Gasteiger charge is -2.10. The zero-order chi connectivity index (χ0) is 23.6. The van der Waals surface area contributed by atoms with Gasteiger partial charge in [0.25, 0.3) is 5.91 Å². The number of hydrazone groups is 1. The first kappa shape index (κ1) is 23.6. The van der Waals surface area contributed by atoms with E-state index < -0.39 is 5.97 Å². The number of esters is 1. The molecule has 0 aromatic heterocycles. The van der Waals surface area contributed by atoms with Gasteiger partial charge in [-0.25, -0.2) is 10.2 Å². The second-order valence-corrected chi connectivity index (χ2v) is 7.01. The van der Waals surface area contributed by atoms with Gasteiger partial charge in [0.05, 0.1) is 23.9 Å². The van der Waals surface area contributed by atoms with Crippen LogP contribution >= 0.6 is 11.6 Å². The van der Waals surface area contributed by atoms with E-state index in [9.17, 15) is 9.59 Å². The monoisotopic (exact) mass is 464 g/mol. The first-order chi connectivity index (χ1) is 16.0. The van der Waals surface area contributed by atoms with E-state index in [0.717, 1.165) is 0 Å². The van der Waals surface area contributed by atoms with Crippen LogP contribution in [-0.4, -0.2) is 31.8 Å². The van der Waals surface area contributed by atoms with Crippen LogP contribution < -0.4 is 19.6 Å². The summed E-state index contributed by atoms with van der Waals surface area (Å²) >= 11 is 6.05. The quantitative estimate of drug-likeness (QED) is 0.160. The predicted molar refractivity (Wildman–Crippen MR) is 127 cm³/mol. The van der Waals surface area contributed by atoms with E-state index in [1.807, 2.05) is 0 Å². The molecule has 0 radical (unpaired) electrons. The minimum absolute atomic E-state index is 0.224. The summed E-state index contributed by atoms with van der Waals surface area (Å²) in [5.41, 5.74) is 3.75. The molecule has 0 aliphatic carbocycles. The second kappa shape index (κ2) is 11.5. The van der Waals surface area contributed by atoms with Crippen LogP contribution in [0.1, 0.15) is 26.3 Å². The number of hydrogen-bond donors (Lipinski definition) is 1. The fraction of sp³-hybridized carbons (Fsp3) is 0.0800. The normalized spacial score (nSPS) is 10.5. The Morgan fingerprint density at radius 2 is 1.82 bits per heavy atom.